The SMILES string of the molecule is CCc1cc2n(n1)C(c1ccc(Cl)nc1)C(C(=O)Nc1ccc3[nH]ncc3c1)=C(C)N2. The zero-order valence-corrected chi connectivity index (χ0v) is 17.7. The fourth-order valence-electron chi connectivity index (χ4n) is 3.87. The number of H-pyrrole nitrogens is 1. The van der Waals surface area contributed by atoms with Crippen LogP contribution in [0.2, 0.25) is 5.15 Å². The van der Waals surface area contributed by atoms with Crippen molar-refractivity contribution < 1.29 is 4.79 Å². The van der Waals surface area contributed by atoms with E-state index in [1.807, 2.05) is 48.9 Å². The van der Waals surface area contributed by atoms with Crippen molar-refractivity contribution in [2.45, 2.75) is 26.3 Å². The molecule has 4 aromatic rings. The van der Waals surface area contributed by atoms with Crippen LogP contribution in [0.3, 0.4) is 0 Å². The largest absolute Gasteiger partial charge is 0.344 e. The monoisotopic (exact) mass is 433 g/mol. The van der Waals surface area contributed by atoms with Gasteiger partial charge in [0.15, 0.2) is 0 Å². The lowest BCUT2D eigenvalue weighted by atomic mass is 9.96. The van der Waals surface area contributed by atoms with Gasteiger partial charge in [-0.05, 0) is 43.2 Å². The Balaban J connectivity index is 1.56. The van der Waals surface area contributed by atoms with E-state index < -0.39 is 6.04 Å². The molecule has 156 valence electrons. The summed E-state index contributed by atoms with van der Waals surface area (Å²) in [4.78, 5) is 17.7. The van der Waals surface area contributed by atoms with Crippen LogP contribution in [0.4, 0.5) is 11.5 Å². The van der Waals surface area contributed by atoms with E-state index in [2.05, 4.69) is 25.8 Å². The van der Waals surface area contributed by atoms with Gasteiger partial charge in [-0.1, -0.05) is 24.6 Å². The molecule has 1 aliphatic rings. The second kappa shape index (κ2) is 7.55. The van der Waals surface area contributed by atoms with E-state index in [1.165, 1.54) is 0 Å². The number of amides is 1. The molecule has 1 unspecified atom stereocenters. The van der Waals surface area contributed by atoms with Crippen LogP contribution in [0.1, 0.15) is 31.1 Å². The van der Waals surface area contributed by atoms with Crippen molar-refractivity contribution in [3.05, 3.63) is 76.5 Å². The van der Waals surface area contributed by atoms with Crippen molar-refractivity contribution in [2.24, 2.45) is 0 Å². The Kier molecular flexibility index (Phi) is 4.71. The third-order valence-corrected chi connectivity index (χ3v) is 5.62. The molecule has 0 bridgehead atoms. The van der Waals surface area contributed by atoms with Crippen LogP contribution in [0.25, 0.3) is 10.9 Å². The van der Waals surface area contributed by atoms with Crippen molar-refractivity contribution in [3.63, 3.8) is 0 Å². The van der Waals surface area contributed by atoms with Gasteiger partial charge in [-0.25, -0.2) is 9.67 Å². The second-order valence-electron chi connectivity index (χ2n) is 7.43. The van der Waals surface area contributed by atoms with Crippen LogP contribution < -0.4 is 10.6 Å². The first-order valence-electron chi connectivity index (χ1n) is 9.95. The number of pyridine rings is 1. The molecule has 1 atom stereocenters. The Hall–Kier alpha value is -3.65. The fourth-order valence-corrected chi connectivity index (χ4v) is 3.98. The predicted octanol–water partition coefficient (Wildman–Crippen LogP) is 4.30. The molecule has 3 N–H and O–H groups in total. The topological polar surface area (TPSA) is 101 Å². The van der Waals surface area contributed by atoms with E-state index in [1.54, 1.807) is 18.5 Å². The van der Waals surface area contributed by atoms with Gasteiger partial charge >= 0.3 is 0 Å². The van der Waals surface area contributed by atoms with Crippen LogP contribution in [-0.2, 0) is 11.2 Å². The molecule has 1 amide bonds. The normalized spacial score (nSPS) is 15.6. The van der Waals surface area contributed by atoms with Crippen LogP contribution in [0.15, 0.2) is 60.1 Å². The third kappa shape index (κ3) is 3.44. The van der Waals surface area contributed by atoms with E-state index in [4.69, 9.17) is 16.7 Å². The lowest BCUT2D eigenvalue weighted by Crippen LogP contribution is -2.31. The van der Waals surface area contributed by atoms with Gasteiger partial charge < -0.3 is 10.6 Å². The van der Waals surface area contributed by atoms with Crippen LogP contribution in [-0.4, -0.2) is 30.9 Å². The van der Waals surface area contributed by atoms with E-state index >= 15 is 0 Å². The number of halogens is 1. The average Bonchev–Trinajstić information content (AvgIpc) is 3.39. The molecule has 4 heterocycles. The summed E-state index contributed by atoms with van der Waals surface area (Å²) in [5, 5.41) is 19.3. The predicted molar refractivity (Wildman–Crippen MR) is 120 cm³/mol. The Labute approximate surface area is 183 Å². The molecule has 0 saturated carbocycles. The number of carbonyl (C=O) groups excluding carboxylic acids is 1. The highest BCUT2D eigenvalue weighted by Gasteiger charge is 2.33. The molecule has 0 radical (unpaired) electrons. The lowest BCUT2D eigenvalue weighted by Gasteiger charge is -2.29. The summed E-state index contributed by atoms with van der Waals surface area (Å²) in [5.41, 5.74) is 4.69. The molecule has 1 aliphatic heterocycles. The summed E-state index contributed by atoms with van der Waals surface area (Å²) < 4.78 is 1.84. The molecule has 0 fully saturated rings. The molecule has 0 aliphatic carbocycles. The maximum atomic E-state index is 13.5. The molecule has 8 nitrogen and oxygen atoms in total. The molecular weight excluding hydrogens is 414 g/mol. The minimum atomic E-state index is -0.432. The van der Waals surface area contributed by atoms with Gasteiger partial charge in [0, 0.05) is 29.0 Å². The number of aromatic amines is 1. The summed E-state index contributed by atoms with van der Waals surface area (Å²) in [6, 6.07) is 10.8. The highest BCUT2D eigenvalue weighted by atomic mass is 35.5. The van der Waals surface area contributed by atoms with Gasteiger partial charge in [0.05, 0.1) is 23.0 Å². The first-order valence-corrected chi connectivity index (χ1v) is 10.3. The first kappa shape index (κ1) is 19.3. The van der Waals surface area contributed by atoms with E-state index in [0.717, 1.165) is 40.1 Å². The Morgan fingerprint density at radius 3 is 2.87 bits per heavy atom. The summed E-state index contributed by atoms with van der Waals surface area (Å²) in [6.07, 6.45) is 4.20. The minimum absolute atomic E-state index is 0.216. The molecular formula is C22H20ClN7O. The number of aromatic nitrogens is 5. The van der Waals surface area contributed by atoms with Gasteiger partial charge in [-0.15, -0.1) is 0 Å². The van der Waals surface area contributed by atoms with E-state index in [0.29, 0.717) is 16.4 Å². The number of rotatable bonds is 4. The van der Waals surface area contributed by atoms with Gasteiger partial charge in [0.2, 0.25) is 0 Å². The van der Waals surface area contributed by atoms with Gasteiger partial charge in [0.25, 0.3) is 5.91 Å². The molecule has 0 saturated heterocycles. The molecule has 0 spiro atoms. The number of nitrogens with one attached hydrogen (secondary N) is 3. The van der Waals surface area contributed by atoms with Crippen molar-refractivity contribution in [3.8, 4) is 0 Å². The third-order valence-electron chi connectivity index (χ3n) is 5.39. The lowest BCUT2D eigenvalue weighted by molar-refractivity contribution is -0.113. The number of hydrogen-bond donors (Lipinski definition) is 3. The summed E-state index contributed by atoms with van der Waals surface area (Å²) in [7, 11) is 0. The number of benzene rings is 1. The minimum Gasteiger partial charge on any atom is -0.344 e. The van der Waals surface area contributed by atoms with E-state index in [9.17, 15) is 4.79 Å². The summed E-state index contributed by atoms with van der Waals surface area (Å²) >= 11 is 6.01. The first-order chi connectivity index (χ1) is 15.0. The van der Waals surface area contributed by atoms with Gasteiger partial charge in [0.1, 0.15) is 17.0 Å². The van der Waals surface area contributed by atoms with Crippen LogP contribution in [0, 0.1) is 0 Å². The molecule has 1 aromatic carbocycles. The van der Waals surface area contributed by atoms with E-state index in [-0.39, 0.29) is 5.91 Å². The number of carbonyl (C=O) groups is 1. The smallest absolute Gasteiger partial charge is 0.255 e. The zero-order chi connectivity index (χ0) is 21.5. The highest BCUT2D eigenvalue weighted by molar-refractivity contribution is 6.29. The highest BCUT2D eigenvalue weighted by Crippen LogP contribution is 2.37. The molecule has 31 heavy (non-hydrogen) atoms. The number of anilines is 2. The molecule has 5 rings (SSSR count). The van der Waals surface area contributed by atoms with Gasteiger partial charge in [-0.2, -0.15) is 10.2 Å². The van der Waals surface area contributed by atoms with Crippen LogP contribution in [0.5, 0.6) is 0 Å². The average molecular weight is 434 g/mol. The van der Waals surface area contributed by atoms with Crippen molar-refractivity contribution in [1.29, 1.82) is 0 Å². The Morgan fingerprint density at radius 1 is 1.23 bits per heavy atom. The van der Waals surface area contributed by atoms with Crippen molar-refractivity contribution in [1.82, 2.24) is 25.0 Å². The zero-order valence-electron chi connectivity index (χ0n) is 17.0. The summed E-state index contributed by atoms with van der Waals surface area (Å²) in [5.74, 6) is 0.623. The Morgan fingerprint density at radius 2 is 2.10 bits per heavy atom. The fraction of sp³-hybridized carbons (Fsp3) is 0.182. The summed E-state index contributed by atoms with van der Waals surface area (Å²) in [6.45, 7) is 3.94. The Bertz CT molecular complexity index is 1320. The number of allylic oxidation sites excluding steroid dienone is 1. The molecule has 3 aromatic heterocycles. The maximum absolute atomic E-state index is 13.5. The standard InChI is InChI=1S/C22H20ClN7O/c1-3-15-9-19-26-12(2)20(21(30(19)29-15)13-4-7-18(23)24-10-13)22(31)27-16-5-6-17-14(8-16)11-25-28-17/h4-11,21,26H,3H2,1-2H3,(H,25,28)(H,27,31). The quantitative estimate of drug-likeness (QED) is 0.416. The maximum Gasteiger partial charge on any atom is 0.255 e. The van der Waals surface area contributed by atoms with Crippen molar-refractivity contribution in [2.75, 3.05) is 10.6 Å². The second-order valence-corrected chi connectivity index (χ2v) is 7.81. The number of nitrogens with zero attached hydrogens (tertiary/aromatic N) is 4. The van der Waals surface area contributed by atoms with Gasteiger partial charge in [-0.3, -0.25) is 9.89 Å². The molecule has 9 heteroatoms. The number of hydrogen-bond acceptors (Lipinski definition) is 5. The van der Waals surface area contributed by atoms with Crippen LogP contribution >= 0.6 is 11.6 Å². The number of aryl methyl sites for hydroxylation is 1. The number of fused-ring (bicyclic) bond motifs is 2. The van der Waals surface area contributed by atoms with Crippen molar-refractivity contribution >= 4 is 39.9 Å².